The molecule has 47 heavy (non-hydrogen) atoms. The van der Waals surface area contributed by atoms with Gasteiger partial charge in [-0.2, -0.15) is 4.31 Å². The number of nitrogens with zero attached hydrogens (tertiary/aromatic N) is 4. The molecule has 1 saturated heterocycles. The van der Waals surface area contributed by atoms with Crippen LogP contribution in [0.1, 0.15) is 46.4 Å². The number of halogens is 2. The van der Waals surface area contributed by atoms with Gasteiger partial charge in [0.2, 0.25) is 15.9 Å². The minimum atomic E-state index is -4.18. The number of carbonyl (C=O) groups excluding carboxylic acids is 2. The van der Waals surface area contributed by atoms with Crippen LogP contribution < -0.4 is 21.1 Å². The second-order valence-corrected chi connectivity index (χ2v) is 13.5. The average Bonchev–Trinajstić information content (AvgIpc) is 3.71. The zero-order valence-corrected chi connectivity index (χ0v) is 27.6. The van der Waals surface area contributed by atoms with Gasteiger partial charge in [-0.05, 0) is 62.6 Å². The molecule has 2 aromatic heterocycles. The molecule has 5 N–H and O–H groups in total. The summed E-state index contributed by atoms with van der Waals surface area (Å²) in [4.78, 5) is 29.8. The lowest BCUT2D eigenvalue weighted by Gasteiger charge is -2.24. The molecule has 3 heterocycles. The number of fused-ring (bicyclic) bond motifs is 1. The van der Waals surface area contributed by atoms with E-state index in [1.807, 2.05) is 23.7 Å². The van der Waals surface area contributed by atoms with Crippen molar-refractivity contribution in [2.75, 3.05) is 19.6 Å². The number of aryl methyl sites for hydroxylation is 1. The molecule has 0 aliphatic carbocycles. The van der Waals surface area contributed by atoms with E-state index in [0.29, 0.717) is 47.3 Å². The minimum absolute atomic E-state index is 0.0670. The summed E-state index contributed by atoms with van der Waals surface area (Å²) in [5.74, 6) is -0.352. The van der Waals surface area contributed by atoms with Gasteiger partial charge in [0.05, 0.1) is 10.7 Å². The van der Waals surface area contributed by atoms with Gasteiger partial charge < -0.3 is 30.7 Å². The summed E-state index contributed by atoms with van der Waals surface area (Å²) >= 11 is 13.1. The fourth-order valence-electron chi connectivity index (χ4n) is 5.27. The number of rotatable bonds is 12. The Hall–Kier alpha value is -4.37. The smallest absolute Gasteiger partial charge is 0.251 e. The summed E-state index contributed by atoms with van der Waals surface area (Å²) in [5, 5.41) is 17.4. The summed E-state index contributed by atoms with van der Waals surface area (Å²) in [5.41, 5.74) is 8.09. The first-order valence-corrected chi connectivity index (χ1v) is 16.9. The summed E-state index contributed by atoms with van der Waals surface area (Å²) < 4.78 is 36.6. The number of amides is 2. The SMILES string of the molecule is Cc1cn2cccc(OCc3c(Cl)ccc(S(=O)(=O)N4CCC[C@H]4C(=O)NCCCNC(=O)c4ccc(/C(N)=N\O)cc4)c3Cl)c2n1. The average molecular weight is 703 g/mol. The molecule has 4 aromatic rings. The number of benzene rings is 2. The molecule has 0 unspecified atom stereocenters. The van der Waals surface area contributed by atoms with E-state index < -0.39 is 22.0 Å². The second kappa shape index (κ2) is 14.6. The third-order valence-electron chi connectivity index (χ3n) is 7.67. The van der Waals surface area contributed by atoms with E-state index in [0.717, 1.165) is 10.00 Å². The molecule has 2 amide bonds. The van der Waals surface area contributed by atoms with Gasteiger partial charge in [-0.15, -0.1) is 0 Å². The van der Waals surface area contributed by atoms with Crippen LogP contribution in [0.25, 0.3) is 5.65 Å². The largest absolute Gasteiger partial charge is 0.485 e. The van der Waals surface area contributed by atoms with E-state index in [-0.39, 0.29) is 52.9 Å². The Bertz CT molecular complexity index is 1930. The fourth-order valence-corrected chi connectivity index (χ4v) is 7.79. The Labute approximate surface area is 281 Å². The van der Waals surface area contributed by atoms with Gasteiger partial charge in [-0.3, -0.25) is 9.59 Å². The zero-order chi connectivity index (χ0) is 33.7. The molecule has 0 saturated carbocycles. The maximum absolute atomic E-state index is 13.8. The highest BCUT2D eigenvalue weighted by atomic mass is 35.5. The Morgan fingerprint density at radius 2 is 1.83 bits per heavy atom. The van der Waals surface area contributed by atoms with Crippen molar-refractivity contribution >= 4 is 56.5 Å². The highest BCUT2D eigenvalue weighted by Gasteiger charge is 2.40. The van der Waals surface area contributed by atoms with Crippen LogP contribution >= 0.6 is 23.2 Å². The lowest BCUT2D eigenvalue weighted by Crippen LogP contribution is -2.46. The van der Waals surface area contributed by atoms with Crippen molar-refractivity contribution in [3.63, 3.8) is 0 Å². The number of hydrogen-bond acceptors (Lipinski definition) is 8. The molecule has 1 aliphatic rings. The third-order valence-corrected chi connectivity index (χ3v) is 10.5. The standard InChI is InChI=1S/C31H33Cl2N7O6S/c1-19-17-39-15-3-6-25(29(39)37-19)46-18-22-23(32)11-12-26(27(22)33)47(44,45)40-16-2-5-24(40)31(42)36-14-4-13-35-30(41)21-9-7-20(8-10-21)28(34)38-43/h3,6-12,15,17,24,43H,2,4-5,13-14,16,18H2,1H3,(H2,34,38)(H,35,41)(H,36,42)/t24-/m0/s1. The van der Waals surface area contributed by atoms with Gasteiger partial charge >= 0.3 is 0 Å². The lowest BCUT2D eigenvalue weighted by molar-refractivity contribution is -0.124. The zero-order valence-electron chi connectivity index (χ0n) is 25.3. The van der Waals surface area contributed by atoms with Crippen LogP contribution in [-0.2, 0) is 21.4 Å². The van der Waals surface area contributed by atoms with E-state index in [1.165, 1.54) is 12.1 Å². The monoisotopic (exact) mass is 701 g/mol. The molecule has 16 heteroatoms. The first kappa shape index (κ1) is 34.0. The highest BCUT2D eigenvalue weighted by Crippen LogP contribution is 2.36. The number of nitrogens with two attached hydrogens (primary N) is 1. The van der Waals surface area contributed by atoms with E-state index in [4.69, 9.17) is 38.9 Å². The molecule has 0 bridgehead atoms. The van der Waals surface area contributed by atoms with Crippen LogP contribution in [-0.4, -0.2) is 70.6 Å². The number of nitrogens with one attached hydrogen (secondary N) is 2. The van der Waals surface area contributed by atoms with E-state index in [2.05, 4.69) is 20.8 Å². The summed E-state index contributed by atoms with van der Waals surface area (Å²) in [6, 6.07) is 11.6. The molecule has 13 nitrogen and oxygen atoms in total. The number of aromatic nitrogens is 2. The van der Waals surface area contributed by atoms with E-state index in [9.17, 15) is 18.0 Å². The van der Waals surface area contributed by atoms with Crippen LogP contribution in [0.4, 0.5) is 0 Å². The number of carbonyl (C=O) groups is 2. The first-order chi connectivity index (χ1) is 22.5. The van der Waals surface area contributed by atoms with Crippen molar-refractivity contribution < 1.29 is 28.0 Å². The Kier molecular flexibility index (Phi) is 10.5. The molecule has 2 aromatic carbocycles. The molecule has 1 atom stereocenters. The number of sulfonamides is 1. The maximum atomic E-state index is 13.8. The molecular weight excluding hydrogens is 669 g/mol. The molecular formula is C31H33Cl2N7O6S. The topological polar surface area (TPSA) is 181 Å². The number of ether oxygens (including phenoxy) is 1. The summed E-state index contributed by atoms with van der Waals surface area (Å²) in [6.07, 6.45) is 4.95. The maximum Gasteiger partial charge on any atom is 0.251 e. The van der Waals surface area contributed by atoms with Crippen LogP contribution in [0.2, 0.25) is 10.0 Å². The number of oxime groups is 1. The molecule has 1 aliphatic heterocycles. The Morgan fingerprint density at radius 1 is 1.11 bits per heavy atom. The van der Waals surface area contributed by atoms with Gasteiger partial charge in [0.25, 0.3) is 5.91 Å². The molecule has 0 spiro atoms. The predicted octanol–water partition coefficient (Wildman–Crippen LogP) is 3.71. The number of amidine groups is 1. The summed E-state index contributed by atoms with van der Waals surface area (Å²) in [6.45, 7) is 2.40. The van der Waals surface area contributed by atoms with Gasteiger partial charge in [0, 0.05) is 53.7 Å². The molecule has 0 radical (unpaired) electrons. The highest BCUT2D eigenvalue weighted by molar-refractivity contribution is 7.89. The minimum Gasteiger partial charge on any atom is -0.485 e. The van der Waals surface area contributed by atoms with Crippen molar-refractivity contribution in [1.82, 2.24) is 24.3 Å². The Morgan fingerprint density at radius 3 is 2.57 bits per heavy atom. The van der Waals surface area contributed by atoms with Gasteiger partial charge in [-0.1, -0.05) is 40.5 Å². The molecule has 1 fully saturated rings. The van der Waals surface area contributed by atoms with Gasteiger partial charge in [-0.25, -0.2) is 13.4 Å². The Balaban J connectivity index is 1.18. The third kappa shape index (κ3) is 7.46. The summed E-state index contributed by atoms with van der Waals surface area (Å²) in [7, 11) is -4.18. The molecule has 248 valence electrons. The van der Waals surface area contributed by atoms with Crippen molar-refractivity contribution in [2.45, 2.75) is 43.7 Å². The predicted molar refractivity (Wildman–Crippen MR) is 177 cm³/mol. The second-order valence-electron chi connectivity index (χ2n) is 10.8. The number of pyridine rings is 1. The number of hydrogen-bond donors (Lipinski definition) is 4. The van der Waals surface area contributed by atoms with Crippen LogP contribution in [0, 0.1) is 6.92 Å². The van der Waals surface area contributed by atoms with Gasteiger partial charge in [0.15, 0.2) is 17.2 Å². The quantitative estimate of drug-likeness (QED) is 0.0567. The normalized spacial score (nSPS) is 15.6. The van der Waals surface area contributed by atoms with Crippen LogP contribution in [0.3, 0.4) is 0 Å². The molecule has 5 rings (SSSR count). The van der Waals surface area contributed by atoms with Crippen molar-refractivity contribution in [3.05, 3.63) is 93.4 Å². The van der Waals surface area contributed by atoms with Gasteiger partial charge in [0.1, 0.15) is 17.5 Å². The fraction of sp³-hybridized carbons (Fsp3) is 0.290. The van der Waals surface area contributed by atoms with E-state index >= 15 is 0 Å². The van der Waals surface area contributed by atoms with Crippen LogP contribution in [0.15, 0.2) is 71.0 Å². The first-order valence-electron chi connectivity index (χ1n) is 14.7. The van der Waals surface area contributed by atoms with Crippen LogP contribution in [0.5, 0.6) is 5.75 Å². The van der Waals surface area contributed by atoms with Crippen molar-refractivity contribution in [1.29, 1.82) is 0 Å². The number of imidazole rings is 1. The van der Waals surface area contributed by atoms with E-state index in [1.54, 1.807) is 36.4 Å². The lowest BCUT2D eigenvalue weighted by atomic mass is 10.1. The van der Waals surface area contributed by atoms with Crippen molar-refractivity contribution in [3.8, 4) is 5.75 Å². The van der Waals surface area contributed by atoms with Crippen molar-refractivity contribution in [2.24, 2.45) is 10.9 Å².